The number of ether oxygens (including phenoxy) is 1. The molecule has 4 aromatic rings. The lowest BCUT2D eigenvalue weighted by atomic mass is 10.1. The van der Waals surface area contributed by atoms with Crippen molar-refractivity contribution in [1.82, 2.24) is 9.38 Å². The van der Waals surface area contributed by atoms with E-state index in [1.54, 1.807) is 6.92 Å². The molecule has 2 heterocycles. The molecule has 4 rings (SSSR count). The molecule has 1 atom stereocenters. The zero-order valence-electron chi connectivity index (χ0n) is 16.1. The molecule has 0 aliphatic carbocycles. The normalized spacial score (nSPS) is 12.0. The van der Waals surface area contributed by atoms with Crippen molar-refractivity contribution in [3.63, 3.8) is 0 Å². The topological polar surface area (TPSA) is 67.4 Å². The molecule has 0 unspecified atom stereocenters. The van der Waals surface area contributed by atoms with Gasteiger partial charge in [-0.05, 0) is 43.2 Å². The van der Waals surface area contributed by atoms with Crippen molar-refractivity contribution in [2.45, 2.75) is 24.1 Å². The summed E-state index contributed by atoms with van der Waals surface area (Å²) in [4.78, 5) is 17.5. The van der Waals surface area contributed by atoms with E-state index in [4.69, 9.17) is 4.74 Å². The number of para-hydroxylation sites is 2. The lowest BCUT2D eigenvalue weighted by Crippen LogP contribution is -2.14. The van der Waals surface area contributed by atoms with Gasteiger partial charge in [-0.25, -0.2) is 4.98 Å². The SMILES string of the molecule is CCOC(=O)[C@@H](Sc1cc(C)c(C#N)c2nc3ccccc3n12)c1ccccc1. The van der Waals surface area contributed by atoms with Crippen LogP contribution in [0.1, 0.15) is 28.9 Å². The summed E-state index contributed by atoms with van der Waals surface area (Å²) in [6, 6.07) is 21.6. The average Bonchev–Trinajstić information content (AvgIpc) is 3.12. The first-order valence-electron chi connectivity index (χ1n) is 9.33. The summed E-state index contributed by atoms with van der Waals surface area (Å²) in [6.45, 7) is 4.01. The molecule has 0 aliphatic heterocycles. The minimum atomic E-state index is -0.521. The highest BCUT2D eigenvalue weighted by molar-refractivity contribution is 8.00. The van der Waals surface area contributed by atoms with E-state index < -0.39 is 5.25 Å². The Morgan fingerprint density at radius 2 is 1.93 bits per heavy atom. The molecule has 0 N–H and O–H groups in total. The Hall–Kier alpha value is -3.30. The second-order valence-electron chi connectivity index (χ2n) is 6.57. The maximum atomic E-state index is 12.8. The van der Waals surface area contributed by atoms with Gasteiger partial charge < -0.3 is 4.74 Å². The number of pyridine rings is 1. The van der Waals surface area contributed by atoms with Crippen LogP contribution in [-0.2, 0) is 9.53 Å². The standard InChI is InChI=1S/C23H19N3O2S/c1-3-28-23(27)21(16-9-5-4-6-10-16)29-20-13-15(2)17(14-24)22-25-18-11-7-8-12-19(18)26(20)22/h4-13,21H,3H2,1-2H3/t21-/m0/s1. The van der Waals surface area contributed by atoms with E-state index in [1.807, 2.05) is 72.0 Å². The lowest BCUT2D eigenvalue weighted by Gasteiger charge is -2.17. The third-order valence-corrected chi connectivity index (χ3v) is 5.93. The predicted octanol–water partition coefficient (Wildman–Crippen LogP) is 5.06. The first kappa shape index (κ1) is 19.0. The van der Waals surface area contributed by atoms with Gasteiger partial charge in [-0.1, -0.05) is 54.2 Å². The van der Waals surface area contributed by atoms with Gasteiger partial charge in [-0.2, -0.15) is 5.26 Å². The van der Waals surface area contributed by atoms with Crippen LogP contribution in [0.3, 0.4) is 0 Å². The molecule has 144 valence electrons. The van der Waals surface area contributed by atoms with Gasteiger partial charge in [0.2, 0.25) is 0 Å². The molecule has 0 radical (unpaired) electrons. The first-order chi connectivity index (χ1) is 14.1. The van der Waals surface area contributed by atoms with Gasteiger partial charge in [0.15, 0.2) is 5.65 Å². The number of hydrogen-bond acceptors (Lipinski definition) is 5. The zero-order chi connectivity index (χ0) is 20.4. The highest BCUT2D eigenvalue weighted by Gasteiger charge is 2.26. The van der Waals surface area contributed by atoms with Gasteiger partial charge in [-0.3, -0.25) is 9.20 Å². The Morgan fingerprint density at radius 3 is 2.66 bits per heavy atom. The molecular formula is C23H19N3O2S. The first-order valence-corrected chi connectivity index (χ1v) is 10.2. The van der Waals surface area contributed by atoms with Crippen LogP contribution in [0.25, 0.3) is 16.7 Å². The predicted molar refractivity (Wildman–Crippen MR) is 114 cm³/mol. The summed E-state index contributed by atoms with van der Waals surface area (Å²) in [6.07, 6.45) is 0. The second-order valence-corrected chi connectivity index (χ2v) is 7.70. The van der Waals surface area contributed by atoms with E-state index in [0.717, 1.165) is 27.2 Å². The number of aromatic nitrogens is 2. The van der Waals surface area contributed by atoms with E-state index in [1.165, 1.54) is 11.8 Å². The minimum absolute atomic E-state index is 0.289. The highest BCUT2D eigenvalue weighted by Crippen LogP contribution is 2.39. The molecule has 0 bridgehead atoms. The number of carbonyl (C=O) groups excluding carboxylic acids is 1. The number of nitriles is 1. The highest BCUT2D eigenvalue weighted by atomic mass is 32.2. The van der Waals surface area contributed by atoms with Gasteiger partial charge >= 0.3 is 5.97 Å². The molecule has 6 heteroatoms. The molecule has 0 saturated carbocycles. The number of fused-ring (bicyclic) bond motifs is 3. The largest absolute Gasteiger partial charge is 0.465 e. The van der Waals surface area contributed by atoms with E-state index >= 15 is 0 Å². The Balaban J connectivity index is 1.92. The zero-order valence-corrected chi connectivity index (χ0v) is 16.9. The summed E-state index contributed by atoms with van der Waals surface area (Å²) in [5, 5.41) is 9.99. The monoisotopic (exact) mass is 401 g/mol. The van der Waals surface area contributed by atoms with Crippen LogP contribution in [0.15, 0.2) is 65.7 Å². The van der Waals surface area contributed by atoms with Crippen LogP contribution in [0.5, 0.6) is 0 Å². The Kier molecular flexibility index (Phi) is 5.24. The van der Waals surface area contributed by atoms with Crippen molar-refractivity contribution in [2.24, 2.45) is 0 Å². The van der Waals surface area contributed by atoms with Crippen molar-refractivity contribution in [3.8, 4) is 6.07 Å². The molecule has 0 amide bonds. The van der Waals surface area contributed by atoms with Crippen molar-refractivity contribution < 1.29 is 9.53 Å². The van der Waals surface area contributed by atoms with E-state index in [0.29, 0.717) is 17.8 Å². The molecule has 0 fully saturated rings. The number of nitrogens with zero attached hydrogens (tertiary/aromatic N) is 3. The number of imidazole rings is 1. The van der Waals surface area contributed by atoms with Crippen LogP contribution in [0.4, 0.5) is 0 Å². The van der Waals surface area contributed by atoms with Gasteiger partial charge in [0, 0.05) is 0 Å². The van der Waals surface area contributed by atoms with Crippen molar-refractivity contribution in [3.05, 3.63) is 77.4 Å². The maximum Gasteiger partial charge on any atom is 0.324 e. The minimum Gasteiger partial charge on any atom is -0.465 e. The number of aryl methyl sites for hydroxylation is 1. The molecule has 29 heavy (non-hydrogen) atoms. The van der Waals surface area contributed by atoms with Gasteiger partial charge in [-0.15, -0.1) is 0 Å². The summed E-state index contributed by atoms with van der Waals surface area (Å²) < 4.78 is 7.31. The number of hydrogen-bond donors (Lipinski definition) is 0. The summed E-state index contributed by atoms with van der Waals surface area (Å²) >= 11 is 1.41. The van der Waals surface area contributed by atoms with E-state index in [9.17, 15) is 10.1 Å². The third kappa shape index (κ3) is 3.45. The fourth-order valence-corrected chi connectivity index (χ4v) is 4.59. The number of rotatable bonds is 5. The average molecular weight is 401 g/mol. The van der Waals surface area contributed by atoms with Crippen LogP contribution >= 0.6 is 11.8 Å². The van der Waals surface area contributed by atoms with Crippen molar-refractivity contribution in [1.29, 1.82) is 5.26 Å². The summed E-state index contributed by atoms with van der Waals surface area (Å²) in [7, 11) is 0. The van der Waals surface area contributed by atoms with Gasteiger partial charge in [0.05, 0.1) is 28.2 Å². The Labute approximate surface area is 172 Å². The third-order valence-electron chi connectivity index (χ3n) is 4.69. The van der Waals surface area contributed by atoms with E-state index in [-0.39, 0.29) is 5.97 Å². The summed E-state index contributed by atoms with van der Waals surface area (Å²) in [5.41, 5.74) is 4.55. The van der Waals surface area contributed by atoms with Crippen molar-refractivity contribution >= 4 is 34.4 Å². The van der Waals surface area contributed by atoms with Gasteiger partial charge in [0.1, 0.15) is 11.3 Å². The molecule has 0 spiro atoms. The molecule has 0 aliphatic rings. The molecular weight excluding hydrogens is 382 g/mol. The quantitative estimate of drug-likeness (QED) is 0.345. The Bertz CT molecular complexity index is 1240. The Morgan fingerprint density at radius 1 is 1.21 bits per heavy atom. The van der Waals surface area contributed by atoms with E-state index in [2.05, 4.69) is 11.1 Å². The lowest BCUT2D eigenvalue weighted by molar-refractivity contribution is -0.142. The van der Waals surface area contributed by atoms with Gasteiger partial charge in [0.25, 0.3) is 0 Å². The van der Waals surface area contributed by atoms with Crippen LogP contribution < -0.4 is 0 Å². The molecule has 0 saturated heterocycles. The van der Waals surface area contributed by atoms with Crippen LogP contribution in [-0.4, -0.2) is 22.0 Å². The molecule has 5 nitrogen and oxygen atoms in total. The summed E-state index contributed by atoms with van der Waals surface area (Å²) in [5.74, 6) is -0.289. The van der Waals surface area contributed by atoms with Crippen LogP contribution in [0, 0.1) is 18.3 Å². The van der Waals surface area contributed by atoms with Crippen molar-refractivity contribution in [2.75, 3.05) is 6.61 Å². The maximum absolute atomic E-state index is 12.8. The fourth-order valence-electron chi connectivity index (χ4n) is 3.36. The molecule has 2 aromatic heterocycles. The number of thioether (sulfide) groups is 1. The second kappa shape index (κ2) is 7.98. The smallest absolute Gasteiger partial charge is 0.324 e. The van der Waals surface area contributed by atoms with Crippen LogP contribution in [0.2, 0.25) is 0 Å². The number of carbonyl (C=O) groups is 1. The molecule has 2 aromatic carbocycles. The fraction of sp³-hybridized carbons (Fsp3) is 0.174. The number of benzene rings is 2. The number of esters is 1.